The first kappa shape index (κ1) is 17.0. The molecule has 5 heteroatoms. The molecule has 1 fully saturated rings. The maximum absolute atomic E-state index is 12.8. The van der Waals surface area contributed by atoms with E-state index in [0.717, 1.165) is 32.4 Å². The molecule has 20 heavy (non-hydrogen) atoms. The summed E-state index contributed by atoms with van der Waals surface area (Å²) in [7, 11) is 0. The molecule has 1 heterocycles. The fraction of sp³-hybridized carbons (Fsp3) is 0.867. The van der Waals surface area contributed by atoms with Crippen LogP contribution in [0.3, 0.4) is 0 Å². The minimum Gasteiger partial charge on any atom is -0.352 e. The molecule has 0 spiro atoms. The van der Waals surface area contributed by atoms with Crippen molar-refractivity contribution in [1.29, 1.82) is 0 Å². The van der Waals surface area contributed by atoms with Gasteiger partial charge in [-0.2, -0.15) is 0 Å². The first-order valence-corrected chi connectivity index (χ1v) is 7.74. The predicted molar refractivity (Wildman–Crippen MR) is 80.4 cm³/mol. The van der Waals surface area contributed by atoms with E-state index >= 15 is 0 Å². The van der Waals surface area contributed by atoms with E-state index in [4.69, 9.17) is 0 Å². The first-order valence-electron chi connectivity index (χ1n) is 7.74. The van der Waals surface area contributed by atoms with Crippen LogP contribution in [-0.4, -0.2) is 48.9 Å². The molecule has 2 N–H and O–H groups in total. The maximum Gasteiger partial charge on any atom is 0.239 e. The zero-order chi connectivity index (χ0) is 15.2. The van der Waals surface area contributed by atoms with Gasteiger partial charge in [0.15, 0.2) is 0 Å². The Bertz CT molecular complexity index is 336. The molecule has 0 aromatic carbocycles. The molecule has 0 bridgehead atoms. The number of rotatable bonds is 6. The molecule has 2 amide bonds. The van der Waals surface area contributed by atoms with E-state index in [1.165, 1.54) is 0 Å². The summed E-state index contributed by atoms with van der Waals surface area (Å²) in [5.41, 5.74) is -0.278. The summed E-state index contributed by atoms with van der Waals surface area (Å²) in [6.45, 7) is 10.4. The summed E-state index contributed by atoms with van der Waals surface area (Å²) in [6, 6.07) is 0.107. The highest BCUT2D eigenvalue weighted by atomic mass is 16.2. The Kier molecular flexibility index (Phi) is 6.46. The Balaban J connectivity index is 2.72. The Morgan fingerprint density at radius 1 is 1.25 bits per heavy atom. The van der Waals surface area contributed by atoms with Crippen molar-refractivity contribution in [1.82, 2.24) is 15.5 Å². The van der Waals surface area contributed by atoms with E-state index in [2.05, 4.69) is 17.6 Å². The van der Waals surface area contributed by atoms with Crippen LogP contribution in [0.1, 0.15) is 47.0 Å². The number of carbonyl (C=O) groups is 2. The second kappa shape index (κ2) is 7.62. The Hall–Kier alpha value is -1.10. The van der Waals surface area contributed by atoms with Gasteiger partial charge in [-0.1, -0.05) is 6.92 Å². The van der Waals surface area contributed by atoms with Crippen LogP contribution in [0.25, 0.3) is 0 Å². The minimum atomic E-state index is -0.278. The summed E-state index contributed by atoms with van der Waals surface area (Å²) >= 11 is 0. The Labute approximate surface area is 122 Å². The van der Waals surface area contributed by atoms with Gasteiger partial charge in [0, 0.05) is 12.6 Å². The monoisotopic (exact) mass is 283 g/mol. The lowest BCUT2D eigenvalue weighted by Gasteiger charge is -2.39. The molecule has 1 rings (SSSR count). The third-order valence-electron chi connectivity index (χ3n) is 4.14. The molecule has 0 radical (unpaired) electrons. The van der Waals surface area contributed by atoms with Crippen molar-refractivity contribution in [2.24, 2.45) is 5.41 Å². The van der Waals surface area contributed by atoms with Crippen molar-refractivity contribution in [3.63, 3.8) is 0 Å². The molecule has 5 nitrogen and oxygen atoms in total. The average Bonchev–Trinajstić information content (AvgIpc) is 2.44. The minimum absolute atomic E-state index is 0.0737. The van der Waals surface area contributed by atoms with Gasteiger partial charge in [0.2, 0.25) is 11.8 Å². The van der Waals surface area contributed by atoms with E-state index in [0.29, 0.717) is 6.54 Å². The third kappa shape index (κ3) is 4.20. The molecule has 1 saturated heterocycles. The molecule has 116 valence electrons. The maximum atomic E-state index is 12.8. The molecule has 1 aliphatic rings. The molecular weight excluding hydrogens is 254 g/mol. The lowest BCUT2D eigenvalue weighted by atomic mass is 9.75. The van der Waals surface area contributed by atoms with Crippen molar-refractivity contribution < 1.29 is 9.59 Å². The van der Waals surface area contributed by atoms with Gasteiger partial charge in [-0.05, 0) is 53.1 Å². The number of hydrogen-bond acceptors (Lipinski definition) is 3. The summed E-state index contributed by atoms with van der Waals surface area (Å²) in [6.07, 6.45) is 2.57. The van der Waals surface area contributed by atoms with Gasteiger partial charge in [-0.15, -0.1) is 0 Å². The highest BCUT2D eigenvalue weighted by Gasteiger charge is 2.40. The summed E-state index contributed by atoms with van der Waals surface area (Å²) in [4.78, 5) is 26.4. The number of likely N-dealkylation sites (N-methyl/N-ethyl adjacent to an activating group) is 1. The Morgan fingerprint density at radius 2 is 1.85 bits per heavy atom. The van der Waals surface area contributed by atoms with E-state index in [9.17, 15) is 9.59 Å². The number of nitrogens with zero attached hydrogens (tertiary/aromatic N) is 1. The smallest absolute Gasteiger partial charge is 0.239 e. The number of hydrogen-bond donors (Lipinski definition) is 2. The van der Waals surface area contributed by atoms with Crippen LogP contribution >= 0.6 is 0 Å². The number of amides is 2. The van der Waals surface area contributed by atoms with Gasteiger partial charge in [0.1, 0.15) is 0 Å². The van der Waals surface area contributed by atoms with E-state index < -0.39 is 0 Å². The standard InChI is InChI=1S/C15H29N3O2/c1-5-15(7-9-16-10-8-15)14(20)18(6-2)11-13(19)17-12(3)4/h12,16H,5-11H2,1-4H3,(H,17,19). The lowest BCUT2D eigenvalue weighted by molar-refractivity contribution is -0.146. The van der Waals surface area contributed by atoms with Crippen LogP contribution < -0.4 is 10.6 Å². The second-order valence-electron chi connectivity index (χ2n) is 5.93. The van der Waals surface area contributed by atoms with Gasteiger partial charge in [-0.3, -0.25) is 9.59 Å². The van der Waals surface area contributed by atoms with Crippen LogP contribution in [0.5, 0.6) is 0 Å². The van der Waals surface area contributed by atoms with Crippen molar-refractivity contribution >= 4 is 11.8 Å². The zero-order valence-corrected chi connectivity index (χ0v) is 13.3. The van der Waals surface area contributed by atoms with Gasteiger partial charge >= 0.3 is 0 Å². The first-order chi connectivity index (χ1) is 9.45. The summed E-state index contributed by atoms with van der Waals surface area (Å²) < 4.78 is 0. The largest absolute Gasteiger partial charge is 0.352 e. The SMILES string of the molecule is CCN(CC(=O)NC(C)C)C(=O)C1(CC)CCNCC1. The fourth-order valence-electron chi connectivity index (χ4n) is 2.83. The molecule has 0 aromatic heterocycles. The molecule has 0 aliphatic carbocycles. The topological polar surface area (TPSA) is 61.4 Å². The van der Waals surface area contributed by atoms with Gasteiger partial charge in [0.05, 0.1) is 12.0 Å². The van der Waals surface area contributed by atoms with Crippen LogP contribution in [0, 0.1) is 5.41 Å². The number of nitrogens with one attached hydrogen (secondary N) is 2. The average molecular weight is 283 g/mol. The highest BCUT2D eigenvalue weighted by Crippen LogP contribution is 2.34. The van der Waals surface area contributed by atoms with Gasteiger partial charge in [-0.25, -0.2) is 0 Å². The predicted octanol–water partition coefficient (Wildman–Crippen LogP) is 1.14. The Morgan fingerprint density at radius 3 is 2.30 bits per heavy atom. The van der Waals surface area contributed by atoms with Crippen LogP contribution in [-0.2, 0) is 9.59 Å². The molecule has 0 unspecified atom stereocenters. The van der Waals surface area contributed by atoms with Crippen molar-refractivity contribution in [2.75, 3.05) is 26.2 Å². The summed E-state index contributed by atoms with van der Waals surface area (Å²) in [5.74, 6) is 0.0679. The van der Waals surface area contributed by atoms with E-state index in [1.807, 2.05) is 20.8 Å². The van der Waals surface area contributed by atoms with Gasteiger partial charge < -0.3 is 15.5 Å². The van der Waals surface area contributed by atoms with E-state index in [1.54, 1.807) is 4.90 Å². The molecular formula is C15H29N3O2. The molecule has 0 saturated carbocycles. The second-order valence-corrected chi connectivity index (χ2v) is 5.93. The lowest BCUT2D eigenvalue weighted by Crippen LogP contribution is -2.51. The quantitative estimate of drug-likeness (QED) is 0.768. The van der Waals surface area contributed by atoms with Crippen molar-refractivity contribution in [2.45, 2.75) is 53.0 Å². The van der Waals surface area contributed by atoms with Crippen LogP contribution in [0.2, 0.25) is 0 Å². The fourth-order valence-corrected chi connectivity index (χ4v) is 2.83. The van der Waals surface area contributed by atoms with Crippen LogP contribution in [0.4, 0.5) is 0 Å². The summed E-state index contributed by atoms with van der Waals surface area (Å²) in [5, 5.41) is 6.15. The zero-order valence-electron chi connectivity index (χ0n) is 13.3. The van der Waals surface area contributed by atoms with Gasteiger partial charge in [0.25, 0.3) is 0 Å². The number of carbonyl (C=O) groups excluding carboxylic acids is 2. The normalized spacial score (nSPS) is 17.9. The van der Waals surface area contributed by atoms with Crippen LogP contribution in [0.15, 0.2) is 0 Å². The molecule has 0 aromatic rings. The molecule has 0 atom stereocenters. The molecule has 1 aliphatic heterocycles. The number of piperidine rings is 1. The highest BCUT2D eigenvalue weighted by molar-refractivity contribution is 5.88. The van der Waals surface area contributed by atoms with E-state index in [-0.39, 0.29) is 29.8 Å². The third-order valence-corrected chi connectivity index (χ3v) is 4.14. The van der Waals surface area contributed by atoms with Crippen molar-refractivity contribution in [3.05, 3.63) is 0 Å². The van der Waals surface area contributed by atoms with Crippen molar-refractivity contribution in [3.8, 4) is 0 Å².